The van der Waals surface area contributed by atoms with Crippen molar-refractivity contribution in [2.45, 2.75) is 78.2 Å². The number of nitrogens with one attached hydrogen (secondary N) is 1. The summed E-state index contributed by atoms with van der Waals surface area (Å²) in [5.74, 6) is -0.00434. The Balaban J connectivity index is 1.85. The van der Waals surface area contributed by atoms with Crippen LogP contribution in [0.2, 0.25) is 0 Å². The van der Waals surface area contributed by atoms with Crippen molar-refractivity contribution in [3.8, 4) is 0 Å². The first-order chi connectivity index (χ1) is 13.8. The standard InChI is InChI=1S/C24H34NO4/c1-6-7-8-23(26)25-21-15-18(4)22(28-19(21)5)12-10-16(2)9-11-20-13-17(3)14-24(27)29-20/h6-11,14,18-22H,12-13,15H2,1-5H3,(H,25,26)/b8-7-,11-9+,16-10+/t18-,19+,20+,21+,22-/m0/s1. The Morgan fingerprint density at radius 2 is 2.07 bits per heavy atom. The lowest BCUT2D eigenvalue weighted by atomic mass is 9.88. The van der Waals surface area contributed by atoms with Gasteiger partial charge in [-0.25, -0.2) is 4.79 Å². The highest BCUT2D eigenvalue weighted by Gasteiger charge is 2.33. The zero-order chi connectivity index (χ0) is 21.4. The van der Waals surface area contributed by atoms with E-state index in [1.807, 2.05) is 46.3 Å². The number of carbonyl (C=O) groups excluding carboxylic acids is 2. The van der Waals surface area contributed by atoms with Crippen molar-refractivity contribution in [1.29, 1.82) is 0 Å². The second-order valence-corrected chi connectivity index (χ2v) is 8.11. The monoisotopic (exact) mass is 400 g/mol. The number of rotatable bonds is 7. The summed E-state index contributed by atoms with van der Waals surface area (Å²) in [6.07, 6.45) is 15.1. The summed E-state index contributed by atoms with van der Waals surface area (Å²) in [5.41, 5.74) is 2.16. The van der Waals surface area contributed by atoms with Crippen LogP contribution in [0.25, 0.3) is 0 Å². The number of hydrogen-bond donors (Lipinski definition) is 1. The third kappa shape index (κ3) is 7.65. The first-order valence-electron chi connectivity index (χ1n) is 10.4. The molecular weight excluding hydrogens is 366 g/mol. The molecule has 0 aliphatic carbocycles. The topological polar surface area (TPSA) is 64.6 Å². The molecule has 5 atom stereocenters. The fourth-order valence-corrected chi connectivity index (χ4v) is 3.67. The summed E-state index contributed by atoms with van der Waals surface area (Å²) in [6.45, 7) is 10.1. The van der Waals surface area contributed by atoms with Gasteiger partial charge in [0.25, 0.3) is 0 Å². The average Bonchev–Trinajstić information content (AvgIpc) is 2.65. The predicted octanol–water partition coefficient (Wildman–Crippen LogP) is 4.22. The van der Waals surface area contributed by atoms with Crippen molar-refractivity contribution in [2.75, 3.05) is 0 Å². The molecule has 0 saturated carbocycles. The molecule has 1 amide bonds. The van der Waals surface area contributed by atoms with E-state index >= 15 is 0 Å². The van der Waals surface area contributed by atoms with Gasteiger partial charge in [0, 0.05) is 12.5 Å². The van der Waals surface area contributed by atoms with Crippen LogP contribution in [0.5, 0.6) is 0 Å². The van der Waals surface area contributed by atoms with E-state index in [2.05, 4.69) is 18.3 Å². The van der Waals surface area contributed by atoms with Crippen LogP contribution in [0.3, 0.4) is 0 Å². The number of amides is 1. The first-order valence-corrected chi connectivity index (χ1v) is 10.4. The molecule has 0 spiro atoms. The Kier molecular flexibility index (Phi) is 8.90. The summed E-state index contributed by atoms with van der Waals surface area (Å²) in [7, 11) is 0. The van der Waals surface area contributed by atoms with Gasteiger partial charge in [-0.15, -0.1) is 0 Å². The fourth-order valence-electron chi connectivity index (χ4n) is 3.67. The van der Waals surface area contributed by atoms with Crippen molar-refractivity contribution >= 4 is 11.9 Å². The predicted molar refractivity (Wildman–Crippen MR) is 115 cm³/mol. The Labute approximate surface area is 174 Å². The molecule has 29 heavy (non-hydrogen) atoms. The van der Waals surface area contributed by atoms with E-state index in [1.54, 1.807) is 18.2 Å². The van der Waals surface area contributed by atoms with Crippen molar-refractivity contribution in [2.24, 2.45) is 5.92 Å². The summed E-state index contributed by atoms with van der Waals surface area (Å²) in [6, 6.07) is 0.0255. The molecule has 1 radical (unpaired) electrons. The molecule has 0 aromatic heterocycles. The van der Waals surface area contributed by atoms with Crippen LogP contribution < -0.4 is 5.32 Å². The van der Waals surface area contributed by atoms with Gasteiger partial charge in [0.05, 0.1) is 18.2 Å². The second kappa shape index (κ2) is 11.1. The minimum atomic E-state index is -0.270. The van der Waals surface area contributed by atoms with E-state index in [0.717, 1.165) is 30.4 Å². The lowest BCUT2D eigenvalue weighted by molar-refractivity contribution is -0.142. The SMILES string of the molecule is C[CH]/C=C\C(=O)N[C@@H]1C[C@H](C)[C@H](C/C=C(C)/C=C/[C@@H]2CC(C)=CC(=O)O2)O[C@@H]1C. The second-order valence-electron chi connectivity index (χ2n) is 8.11. The third-order valence-electron chi connectivity index (χ3n) is 5.39. The molecule has 2 aliphatic heterocycles. The molecule has 2 heterocycles. The van der Waals surface area contributed by atoms with Crippen LogP contribution >= 0.6 is 0 Å². The highest BCUT2D eigenvalue weighted by Crippen LogP contribution is 2.28. The van der Waals surface area contributed by atoms with Gasteiger partial charge in [0.1, 0.15) is 6.10 Å². The highest BCUT2D eigenvalue weighted by molar-refractivity contribution is 5.87. The number of cyclic esters (lactones) is 1. The number of carbonyl (C=O) groups is 2. The Hall–Kier alpha value is -2.14. The van der Waals surface area contributed by atoms with E-state index in [-0.39, 0.29) is 36.2 Å². The summed E-state index contributed by atoms with van der Waals surface area (Å²) >= 11 is 0. The number of allylic oxidation sites excluding steroid dienone is 3. The molecule has 0 aromatic carbocycles. The maximum absolute atomic E-state index is 11.9. The van der Waals surface area contributed by atoms with Crippen molar-refractivity contribution in [3.05, 3.63) is 54.0 Å². The van der Waals surface area contributed by atoms with Crippen molar-refractivity contribution in [3.63, 3.8) is 0 Å². The van der Waals surface area contributed by atoms with Crippen LogP contribution in [0, 0.1) is 12.3 Å². The number of hydrogen-bond acceptors (Lipinski definition) is 4. The van der Waals surface area contributed by atoms with Crippen molar-refractivity contribution < 1.29 is 19.1 Å². The summed E-state index contributed by atoms with van der Waals surface area (Å²) < 4.78 is 11.5. The van der Waals surface area contributed by atoms with Gasteiger partial charge in [-0.3, -0.25) is 4.79 Å². The van der Waals surface area contributed by atoms with Crippen LogP contribution in [-0.4, -0.2) is 36.2 Å². The van der Waals surface area contributed by atoms with Crippen LogP contribution in [0.4, 0.5) is 0 Å². The molecule has 0 aromatic rings. The largest absolute Gasteiger partial charge is 0.455 e. The van der Waals surface area contributed by atoms with E-state index in [0.29, 0.717) is 5.92 Å². The smallest absolute Gasteiger partial charge is 0.331 e. The van der Waals surface area contributed by atoms with E-state index in [9.17, 15) is 9.59 Å². The third-order valence-corrected chi connectivity index (χ3v) is 5.39. The average molecular weight is 401 g/mol. The Morgan fingerprint density at radius 1 is 1.31 bits per heavy atom. The first kappa shape index (κ1) is 23.1. The van der Waals surface area contributed by atoms with Gasteiger partial charge in [-0.2, -0.15) is 0 Å². The molecule has 5 heteroatoms. The maximum atomic E-state index is 11.9. The molecule has 0 bridgehead atoms. The maximum Gasteiger partial charge on any atom is 0.331 e. The molecule has 1 N–H and O–H groups in total. The molecule has 5 nitrogen and oxygen atoms in total. The van der Waals surface area contributed by atoms with Crippen molar-refractivity contribution in [1.82, 2.24) is 5.32 Å². The van der Waals surface area contributed by atoms with Gasteiger partial charge in [0.15, 0.2) is 0 Å². The molecule has 1 fully saturated rings. The molecule has 1 saturated heterocycles. The van der Waals surface area contributed by atoms with Crippen LogP contribution in [0.15, 0.2) is 47.6 Å². The summed E-state index contributed by atoms with van der Waals surface area (Å²) in [4.78, 5) is 23.4. The van der Waals surface area contributed by atoms with E-state index in [1.165, 1.54) is 0 Å². The minimum Gasteiger partial charge on any atom is -0.455 e. The van der Waals surface area contributed by atoms with Gasteiger partial charge in [0.2, 0.25) is 5.91 Å². The fraction of sp³-hybridized carbons (Fsp3) is 0.542. The zero-order valence-corrected chi connectivity index (χ0v) is 18.2. The number of ether oxygens (including phenoxy) is 2. The molecule has 0 unspecified atom stereocenters. The highest BCUT2D eigenvalue weighted by atomic mass is 16.5. The van der Waals surface area contributed by atoms with E-state index in [4.69, 9.17) is 9.47 Å². The Bertz CT molecular complexity index is 704. The quantitative estimate of drug-likeness (QED) is 0.395. The lowest BCUT2D eigenvalue weighted by Gasteiger charge is -2.39. The normalized spacial score (nSPS) is 31.1. The van der Waals surface area contributed by atoms with Crippen LogP contribution in [-0.2, 0) is 19.1 Å². The zero-order valence-electron chi connectivity index (χ0n) is 18.2. The lowest BCUT2D eigenvalue weighted by Crippen LogP contribution is -2.50. The molecular formula is C24H34NO4. The van der Waals surface area contributed by atoms with Gasteiger partial charge < -0.3 is 14.8 Å². The van der Waals surface area contributed by atoms with Gasteiger partial charge >= 0.3 is 5.97 Å². The van der Waals surface area contributed by atoms with Gasteiger partial charge in [-0.1, -0.05) is 43.2 Å². The summed E-state index contributed by atoms with van der Waals surface area (Å²) in [5, 5.41) is 3.04. The Morgan fingerprint density at radius 3 is 2.76 bits per heavy atom. The molecule has 159 valence electrons. The molecule has 2 aliphatic rings. The van der Waals surface area contributed by atoms with Gasteiger partial charge in [-0.05, 0) is 58.1 Å². The minimum absolute atomic E-state index is 0.0255. The van der Waals surface area contributed by atoms with Crippen LogP contribution in [0.1, 0.15) is 53.9 Å². The number of esters is 1. The molecule has 2 rings (SSSR count). The van der Waals surface area contributed by atoms with E-state index < -0.39 is 0 Å².